The van der Waals surface area contributed by atoms with Gasteiger partial charge in [-0.2, -0.15) is 0 Å². The van der Waals surface area contributed by atoms with Crippen LogP contribution < -0.4 is 0 Å². The molecule has 0 aromatic rings. The Balaban J connectivity index is 2.06. The number of aliphatic carboxylic acids is 1. The van der Waals surface area contributed by atoms with E-state index >= 15 is 0 Å². The van der Waals surface area contributed by atoms with Crippen LogP contribution in [0.4, 0.5) is 4.79 Å². The number of fused-ring (bicyclic) bond motifs is 1. The van der Waals surface area contributed by atoms with Crippen molar-refractivity contribution in [3.05, 3.63) is 5.70 Å². The lowest BCUT2D eigenvalue weighted by atomic mass is 9.88. The quantitative estimate of drug-likeness (QED) is 0.730. The standard InChI is InChI=1S/C15H22N2O5/c1-15(2,3)22-14(21)16-6-7-17-10(8-16)4-5-11(13(19)20)12(17)9-18/h10-11H,4-8H2,1-3H3,(H,19,20). The summed E-state index contributed by atoms with van der Waals surface area (Å²) in [7, 11) is 0. The number of rotatable bonds is 1. The Hall–Kier alpha value is -2.01. The molecule has 0 saturated carbocycles. The third-order valence-electron chi connectivity index (χ3n) is 3.97. The molecule has 22 heavy (non-hydrogen) atoms. The number of hydrogen-bond donors (Lipinski definition) is 1. The summed E-state index contributed by atoms with van der Waals surface area (Å²) in [5.41, 5.74) is -0.351. The van der Waals surface area contributed by atoms with Gasteiger partial charge in [0, 0.05) is 25.7 Å². The number of carbonyl (C=O) groups excluding carboxylic acids is 2. The summed E-state index contributed by atoms with van der Waals surface area (Å²) in [5.74, 6) is 0.00983. The molecule has 2 unspecified atom stereocenters. The van der Waals surface area contributed by atoms with Crippen LogP contribution in [0.5, 0.6) is 0 Å². The highest BCUT2D eigenvalue weighted by molar-refractivity contribution is 5.77. The second kappa shape index (κ2) is 6.01. The molecule has 1 N–H and O–H groups in total. The molecule has 0 aromatic heterocycles. The van der Waals surface area contributed by atoms with Gasteiger partial charge in [0.1, 0.15) is 23.2 Å². The lowest BCUT2D eigenvalue weighted by Crippen LogP contribution is -2.58. The van der Waals surface area contributed by atoms with Crippen LogP contribution in [0.3, 0.4) is 0 Å². The van der Waals surface area contributed by atoms with E-state index in [1.54, 1.807) is 15.7 Å². The molecule has 0 spiro atoms. The number of amides is 1. The summed E-state index contributed by atoms with van der Waals surface area (Å²) in [5, 5.41) is 9.19. The fourth-order valence-electron chi connectivity index (χ4n) is 2.98. The molecule has 2 saturated heterocycles. The monoisotopic (exact) mass is 310 g/mol. The molecular weight excluding hydrogens is 288 g/mol. The van der Waals surface area contributed by atoms with E-state index in [0.29, 0.717) is 32.5 Å². The summed E-state index contributed by atoms with van der Waals surface area (Å²) in [6.07, 6.45) is 0.647. The first-order chi connectivity index (χ1) is 10.2. The number of piperazine rings is 1. The smallest absolute Gasteiger partial charge is 0.410 e. The second-order valence-corrected chi connectivity index (χ2v) is 6.73. The van der Waals surface area contributed by atoms with E-state index in [4.69, 9.17) is 4.74 Å². The molecule has 7 heteroatoms. The number of hydrogen-bond acceptors (Lipinski definition) is 5. The first kappa shape index (κ1) is 16.4. The highest BCUT2D eigenvalue weighted by atomic mass is 16.6. The number of carboxylic acids is 1. The summed E-state index contributed by atoms with van der Waals surface area (Å²) >= 11 is 0. The zero-order valence-corrected chi connectivity index (χ0v) is 13.2. The molecule has 2 atom stereocenters. The van der Waals surface area contributed by atoms with Crippen LogP contribution in [-0.4, -0.2) is 64.2 Å². The van der Waals surface area contributed by atoms with E-state index in [1.165, 1.54) is 0 Å². The Labute approximate surface area is 129 Å². The summed E-state index contributed by atoms with van der Waals surface area (Å²) < 4.78 is 5.36. The molecule has 2 heterocycles. The average Bonchev–Trinajstić information content (AvgIpc) is 2.43. The van der Waals surface area contributed by atoms with Crippen molar-refractivity contribution in [2.45, 2.75) is 45.3 Å². The minimum Gasteiger partial charge on any atom is -0.481 e. The number of carboxylic acid groups (broad SMARTS) is 1. The van der Waals surface area contributed by atoms with Crippen molar-refractivity contribution < 1.29 is 24.2 Å². The Morgan fingerprint density at radius 1 is 1.27 bits per heavy atom. The van der Waals surface area contributed by atoms with E-state index in [1.807, 2.05) is 20.8 Å². The zero-order chi connectivity index (χ0) is 16.5. The van der Waals surface area contributed by atoms with Gasteiger partial charge in [0.15, 0.2) is 0 Å². The normalized spacial score (nSPS) is 25.3. The highest BCUT2D eigenvalue weighted by Crippen LogP contribution is 2.32. The predicted octanol–water partition coefficient (Wildman–Crippen LogP) is 1.12. The van der Waals surface area contributed by atoms with Gasteiger partial charge in [-0.15, -0.1) is 0 Å². The Bertz CT molecular complexity index is 519. The average molecular weight is 310 g/mol. The molecule has 2 aliphatic rings. The Morgan fingerprint density at radius 2 is 1.95 bits per heavy atom. The van der Waals surface area contributed by atoms with Crippen LogP contribution in [0.2, 0.25) is 0 Å². The van der Waals surface area contributed by atoms with Gasteiger partial charge < -0.3 is 19.6 Å². The Kier molecular flexibility index (Phi) is 4.47. The summed E-state index contributed by atoms with van der Waals surface area (Å²) in [6.45, 7) is 6.71. The first-order valence-corrected chi connectivity index (χ1v) is 7.45. The van der Waals surface area contributed by atoms with Gasteiger partial charge >= 0.3 is 12.1 Å². The lowest BCUT2D eigenvalue weighted by molar-refractivity contribution is -0.142. The first-order valence-electron chi connectivity index (χ1n) is 7.45. The number of nitrogens with zero attached hydrogens (tertiary/aromatic N) is 2. The molecule has 0 radical (unpaired) electrons. The topological polar surface area (TPSA) is 87.2 Å². The van der Waals surface area contributed by atoms with Crippen LogP contribution in [0.25, 0.3) is 0 Å². The molecule has 122 valence electrons. The van der Waals surface area contributed by atoms with Crippen LogP contribution >= 0.6 is 0 Å². The van der Waals surface area contributed by atoms with Crippen LogP contribution in [-0.2, 0) is 14.3 Å². The third kappa shape index (κ3) is 3.42. The largest absolute Gasteiger partial charge is 0.481 e. The van der Waals surface area contributed by atoms with Crippen molar-refractivity contribution in [3.63, 3.8) is 0 Å². The maximum atomic E-state index is 12.1. The number of ether oxygens (including phenoxy) is 1. The van der Waals surface area contributed by atoms with Crippen LogP contribution in [0.15, 0.2) is 5.70 Å². The van der Waals surface area contributed by atoms with Gasteiger partial charge in [-0.1, -0.05) is 0 Å². The Morgan fingerprint density at radius 3 is 2.50 bits per heavy atom. The minimum absolute atomic E-state index is 0.0479. The van der Waals surface area contributed by atoms with Gasteiger partial charge in [0.05, 0.1) is 0 Å². The summed E-state index contributed by atoms with van der Waals surface area (Å²) in [4.78, 5) is 37.9. The van der Waals surface area contributed by atoms with E-state index in [9.17, 15) is 19.5 Å². The molecule has 1 amide bonds. The van der Waals surface area contributed by atoms with Crippen molar-refractivity contribution in [2.75, 3.05) is 19.6 Å². The van der Waals surface area contributed by atoms with E-state index in [2.05, 4.69) is 0 Å². The molecule has 0 aromatic carbocycles. The van der Waals surface area contributed by atoms with Gasteiger partial charge in [-0.05, 0) is 33.6 Å². The number of carbonyl (C=O) groups is 2. The molecule has 7 nitrogen and oxygen atoms in total. The third-order valence-corrected chi connectivity index (χ3v) is 3.97. The van der Waals surface area contributed by atoms with Crippen molar-refractivity contribution in [1.82, 2.24) is 9.80 Å². The van der Waals surface area contributed by atoms with Gasteiger partial charge in [0.25, 0.3) is 0 Å². The molecule has 2 rings (SSSR count). The fourth-order valence-corrected chi connectivity index (χ4v) is 2.98. The van der Waals surface area contributed by atoms with Gasteiger partial charge in [0.2, 0.25) is 0 Å². The van der Waals surface area contributed by atoms with Crippen molar-refractivity contribution >= 4 is 18.0 Å². The number of piperidine rings is 1. The zero-order valence-electron chi connectivity index (χ0n) is 13.2. The van der Waals surface area contributed by atoms with Crippen LogP contribution in [0, 0.1) is 5.92 Å². The second-order valence-electron chi connectivity index (χ2n) is 6.73. The van der Waals surface area contributed by atoms with E-state index < -0.39 is 17.5 Å². The highest BCUT2D eigenvalue weighted by Gasteiger charge is 2.41. The molecule has 2 aliphatic heterocycles. The SMILES string of the molecule is CC(C)(C)OC(=O)N1CCN2C(=C=O)C(C(=O)O)CCC2C1. The maximum absolute atomic E-state index is 12.1. The lowest BCUT2D eigenvalue weighted by Gasteiger charge is -2.46. The van der Waals surface area contributed by atoms with E-state index in [-0.39, 0.29) is 17.8 Å². The van der Waals surface area contributed by atoms with Crippen molar-refractivity contribution in [2.24, 2.45) is 5.92 Å². The van der Waals surface area contributed by atoms with Gasteiger partial charge in [-0.25, -0.2) is 9.59 Å². The minimum atomic E-state index is -0.994. The fraction of sp³-hybridized carbons (Fsp3) is 0.733. The van der Waals surface area contributed by atoms with Gasteiger partial charge in [-0.3, -0.25) is 4.79 Å². The van der Waals surface area contributed by atoms with Crippen molar-refractivity contribution in [3.8, 4) is 0 Å². The van der Waals surface area contributed by atoms with Crippen molar-refractivity contribution in [1.29, 1.82) is 0 Å². The maximum Gasteiger partial charge on any atom is 0.410 e. The summed E-state index contributed by atoms with van der Waals surface area (Å²) in [6, 6.07) is -0.0479. The molecular formula is C15H22N2O5. The van der Waals surface area contributed by atoms with E-state index in [0.717, 1.165) is 0 Å². The molecule has 0 bridgehead atoms. The molecule has 0 aliphatic carbocycles. The van der Waals surface area contributed by atoms with Crippen LogP contribution in [0.1, 0.15) is 33.6 Å². The predicted molar refractivity (Wildman–Crippen MR) is 77.9 cm³/mol. The molecule has 2 fully saturated rings.